The molecule has 3 aromatic rings. The van der Waals surface area contributed by atoms with Gasteiger partial charge in [-0.2, -0.15) is 18.3 Å². The molecule has 1 amide bonds. The van der Waals surface area contributed by atoms with Gasteiger partial charge in [-0.3, -0.25) is 9.59 Å². The number of nitrogens with zero attached hydrogens (tertiary/aromatic N) is 2. The number of alkyl halides is 3. The predicted molar refractivity (Wildman–Crippen MR) is 101 cm³/mol. The lowest BCUT2D eigenvalue weighted by molar-refractivity contribution is -0.137. The molecule has 2 aromatic carbocycles. The van der Waals surface area contributed by atoms with Crippen molar-refractivity contribution in [3.63, 3.8) is 0 Å². The Morgan fingerprint density at radius 3 is 2.40 bits per heavy atom. The highest BCUT2D eigenvalue weighted by Gasteiger charge is 2.30. The number of rotatable bonds is 5. The normalized spacial score (nSPS) is 11.2. The molecule has 156 valence electrons. The molecular weight excluding hydrogens is 406 g/mol. The number of aromatic nitrogens is 2. The molecule has 0 atom stereocenters. The van der Waals surface area contributed by atoms with Crippen LogP contribution in [0.3, 0.4) is 0 Å². The molecule has 0 fully saturated rings. The van der Waals surface area contributed by atoms with Crippen LogP contribution >= 0.6 is 0 Å². The van der Waals surface area contributed by atoms with Crippen LogP contribution in [-0.4, -0.2) is 22.8 Å². The van der Waals surface area contributed by atoms with E-state index < -0.39 is 35.6 Å². The molecule has 0 saturated carbocycles. The SMILES string of the molecule is COc1ccc(-c2ccc(=O)n(CC(=O)Nc3ccc(C(F)(F)F)cc3)n2)c(F)c1. The largest absolute Gasteiger partial charge is 0.497 e. The van der Waals surface area contributed by atoms with Crippen molar-refractivity contribution in [3.8, 4) is 17.0 Å². The van der Waals surface area contributed by atoms with Gasteiger partial charge in [0.2, 0.25) is 5.91 Å². The van der Waals surface area contributed by atoms with E-state index in [1.165, 1.54) is 25.3 Å². The van der Waals surface area contributed by atoms with E-state index in [1.54, 1.807) is 0 Å². The van der Waals surface area contributed by atoms with Gasteiger partial charge in [-0.05, 0) is 42.5 Å². The lowest BCUT2D eigenvalue weighted by atomic mass is 10.1. The number of benzene rings is 2. The van der Waals surface area contributed by atoms with E-state index in [0.29, 0.717) is 5.75 Å². The van der Waals surface area contributed by atoms with E-state index in [0.717, 1.165) is 41.1 Å². The average molecular weight is 421 g/mol. The Bertz CT molecular complexity index is 1130. The lowest BCUT2D eigenvalue weighted by Gasteiger charge is -2.10. The van der Waals surface area contributed by atoms with Gasteiger partial charge < -0.3 is 10.1 Å². The van der Waals surface area contributed by atoms with Crippen LogP contribution in [0.4, 0.5) is 23.2 Å². The molecule has 0 spiro atoms. The maximum Gasteiger partial charge on any atom is 0.416 e. The van der Waals surface area contributed by atoms with Crippen LogP contribution in [0.5, 0.6) is 5.75 Å². The second-order valence-electron chi connectivity index (χ2n) is 6.18. The third kappa shape index (κ3) is 4.83. The number of nitrogens with one attached hydrogen (secondary N) is 1. The highest BCUT2D eigenvalue weighted by atomic mass is 19.4. The minimum Gasteiger partial charge on any atom is -0.497 e. The van der Waals surface area contributed by atoms with Crippen LogP contribution in [0.2, 0.25) is 0 Å². The van der Waals surface area contributed by atoms with Gasteiger partial charge in [0.1, 0.15) is 18.1 Å². The van der Waals surface area contributed by atoms with Crippen LogP contribution in [0, 0.1) is 5.82 Å². The molecule has 10 heteroatoms. The first-order valence-corrected chi connectivity index (χ1v) is 8.56. The molecule has 0 aliphatic heterocycles. The zero-order valence-electron chi connectivity index (χ0n) is 15.5. The minimum absolute atomic E-state index is 0.104. The number of hydrogen-bond acceptors (Lipinski definition) is 4. The summed E-state index contributed by atoms with van der Waals surface area (Å²) in [5.74, 6) is -1.00. The maximum atomic E-state index is 14.3. The zero-order valence-corrected chi connectivity index (χ0v) is 15.5. The molecule has 0 unspecified atom stereocenters. The monoisotopic (exact) mass is 421 g/mol. The van der Waals surface area contributed by atoms with E-state index in [1.807, 2.05) is 0 Å². The van der Waals surface area contributed by atoms with Crippen molar-refractivity contribution >= 4 is 11.6 Å². The number of methoxy groups -OCH3 is 1. The van der Waals surface area contributed by atoms with Crippen LogP contribution in [0.15, 0.2) is 59.4 Å². The summed E-state index contributed by atoms with van der Waals surface area (Å²) in [5.41, 5.74) is -1.11. The number of carbonyl (C=O) groups is 1. The summed E-state index contributed by atoms with van der Waals surface area (Å²) < 4.78 is 57.8. The van der Waals surface area contributed by atoms with E-state index in [9.17, 15) is 27.2 Å². The average Bonchev–Trinajstić information content (AvgIpc) is 2.69. The predicted octanol–water partition coefficient (Wildman–Crippen LogP) is 3.72. The fourth-order valence-corrected chi connectivity index (χ4v) is 2.62. The van der Waals surface area contributed by atoms with Gasteiger partial charge in [-0.25, -0.2) is 9.07 Å². The van der Waals surface area contributed by atoms with Gasteiger partial charge in [0, 0.05) is 23.4 Å². The Hall–Kier alpha value is -3.69. The van der Waals surface area contributed by atoms with Crippen molar-refractivity contribution in [2.45, 2.75) is 12.7 Å². The van der Waals surface area contributed by atoms with Crippen molar-refractivity contribution in [2.75, 3.05) is 12.4 Å². The van der Waals surface area contributed by atoms with E-state index in [-0.39, 0.29) is 16.9 Å². The highest BCUT2D eigenvalue weighted by Crippen LogP contribution is 2.29. The molecule has 0 aliphatic carbocycles. The van der Waals surface area contributed by atoms with E-state index in [2.05, 4.69) is 10.4 Å². The van der Waals surface area contributed by atoms with Crippen LogP contribution in [-0.2, 0) is 17.5 Å². The Labute approximate surface area is 167 Å². The van der Waals surface area contributed by atoms with Gasteiger partial charge in [-0.1, -0.05) is 0 Å². The molecule has 6 nitrogen and oxygen atoms in total. The third-order valence-electron chi connectivity index (χ3n) is 4.11. The second kappa shape index (κ2) is 8.36. The molecule has 3 rings (SSSR count). The fourth-order valence-electron chi connectivity index (χ4n) is 2.62. The Balaban J connectivity index is 1.77. The molecule has 1 aromatic heterocycles. The van der Waals surface area contributed by atoms with Crippen LogP contribution < -0.4 is 15.6 Å². The van der Waals surface area contributed by atoms with Crippen LogP contribution in [0.1, 0.15) is 5.56 Å². The zero-order chi connectivity index (χ0) is 21.9. The summed E-state index contributed by atoms with van der Waals surface area (Å²) in [7, 11) is 1.39. The van der Waals surface area contributed by atoms with Crippen molar-refractivity contribution < 1.29 is 27.1 Å². The van der Waals surface area contributed by atoms with Crippen LogP contribution in [0.25, 0.3) is 11.3 Å². The summed E-state index contributed by atoms with van der Waals surface area (Å²) in [5, 5.41) is 6.39. The summed E-state index contributed by atoms with van der Waals surface area (Å²) in [4.78, 5) is 24.2. The molecule has 0 bridgehead atoms. The van der Waals surface area contributed by atoms with Gasteiger partial charge in [0.05, 0.1) is 18.4 Å². The number of amides is 1. The first kappa shape index (κ1) is 21.0. The van der Waals surface area contributed by atoms with Gasteiger partial charge >= 0.3 is 6.18 Å². The molecule has 0 aliphatic rings. The molecule has 0 radical (unpaired) electrons. The van der Waals surface area contributed by atoms with E-state index in [4.69, 9.17) is 4.74 Å². The third-order valence-corrected chi connectivity index (χ3v) is 4.11. The molecule has 1 N–H and O–H groups in total. The van der Waals surface area contributed by atoms with Crippen molar-refractivity contribution in [1.82, 2.24) is 9.78 Å². The molecule has 0 saturated heterocycles. The number of carbonyl (C=O) groups excluding carboxylic acids is 1. The number of hydrogen-bond donors (Lipinski definition) is 1. The number of halogens is 4. The minimum atomic E-state index is -4.49. The quantitative estimate of drug-likeness (QED) is 0.638. The van der Waals surface area contributed by atoms with E-state index >= 15 is 0 Å². The first-order chi connectivity index (χ1) is 14.2. The van der Waals surface area contributed by atoms with Crippen molar-refractivity contribution in [2.24, 2.45) is 0 Å². The standard InChI is InChI=1S/C20H15F4N3O3/c1-30-14-6-7-15(16(21)10-14)17-8-9-19(29)27(26-17)11-18(28)25-13-4-2-12(3-5-13)20(22,23)24/h2-10H,11H2,1H3,(H,25,28). The Morgan fingerprint density at radius 2 is 1.80 bits per heavy atom. The Kier molecular flexibility index (Phi) is 5.86. The smallest absolute Gasteiger partial charge is 0.416 e. The molecule has 30 heavy (non-hydrogen) atoms. The number of ether oxygens (including phenoxy) is 1. The van der Waals surface area contributed by atoms with Crippen molar-refractivity contribution in [1.29, 1.82) is 0 Å². The summed E-state index contributed by atoms with van der Waals surface area (Å²) in [6.07, 6.45) is -4.49. The van der Waals surface area contributed by atoms with Crippen molar-refractivity contribution in [3.05, 3.63) is 76.3 Å². The fraction of sp³-hybridized carbons (Fsp3) is 0.150. The van der Waals surface area contributed by atoms with Gasteiger partial charge in [-0.15, -0.1) is 0 Å². The lowest BCUT2D eigenvalue weighted by Crippen LogP contribution is -2.29. The highest BCUT2D eigenvalue weighted by molar-refractivity contribution is 5.90. The summed E-state index contributed by atoms with van der Waals surface area (Å²) in [6, 6.07) is 10.4. The van der Waals surface area contributed by atoms with Gasteiger partial charge in [0.15, 0.2) is 0 Å². The molecular formula is C20H15F4N3O3. The topological polar surface area (TPSA) is 73.2 Å². The molecule has 1 heterocycles. The second-order valence-corrected chi connectivity index (χ2v) is 6.18. The summed E-state index contributed by atoms with van der Waals surface area (Å²) in [6.45, 7) is -0.508. The van der Waals surface area contributed by atoms with Gasteiger partial charge in [0.25, 0.3) is 5.56 Å². The Morgan fingerprint density at radius 1 is 1.10 bits per heavy atom. The number of anilines is 1. The maximum absolute atomic E-state index is 14.3. The summed E-state index contributed by atoms with van der Waals surface area (Å²) >= 11 is 0. The first-order valence-electron chi connectivity index (χ1n) is 8.56.